The molecule has 2 rings (SSSR count). The molecule has 1 aliphatic heterocycles. The Labute approximate surface area is 147 Å². The zero-order chi connectivity index (χ0) is 17.8. The van der Waals surface area contributed by atoms with Gasteiger partial charge in [-0.2, -0.15) is 0 Å². The molecule has 1 aromatic rings. The van der Waals surface area contributed by atoms with Gasteiger partial charge in [0.05, 0.1) is 18.1 Å². The minimum absolute atomic E-state index is 0.284. The third kappa shape index (κ3) is 5.51. The van der Waals surface area contributed by atoms with Crippen LogP contribution in [0.3, 0.4) is 0 Å². The van der Waals surface area contributed by atoms with Crippen molar-refractivity contribution in [2.75, 3.05) is 45.1 Å². The molecule has 0 aromatic carbocycles. The predicted molar refractivity (Wildman–Crippen MR) is 101 cm³/mol. The number of nitrogens with two attached hydrogens (primary N) is 1. The van der Waals surface area contributed by atoms with Gasteiger partial charge in [0.25, 0.3) is 0 Å². The van der Waals surface area contributed by atoms with E-state index in [-0.39, 0.29) is 5.04 Å². The molecule has 0 radical (unpaired) electrons. The van der Waals surface area contributed by atoms with Crippen LogP contribution in [0.25, 0.3) is 0 Å². The van der Waals surface area contributed by atoms with Crippen molar-refractivity contribution in [3.8, 4) is 0 Å². The molecular formula is C17H33N5OSi. The maximum atomic E-state index is 6.28. The summed E-state index contributed by atoms with van der Waals surface area (Å²) in [5, 5.41) is 0.284. The van der Waals surface area contributed by atoms with E-state index >= 15 is 0 Å². The van der Waals surface area contributed by atoms with Crippen LogP contribution in [0.15, 0.2) is 12.4 Å². The summed E-state index contributed by atoms with van der Waals surface area (Å²) in [5.41, 5.74) is 6.56. The molecule has 6 nitrogen and oxygen atoms in total. The van der Waals surface area contributed by atoms with Gasteiger partial charge in [0.2, 0.25) is 0 Å². The lowest BCUT2D eigenvalue weighted by Crippen LogP contribution is -2.48. The van der Waals surface area contributed by atoms with Gasteiger partial charge in [-0.05, 0) is 18.1 Å². The summed E-state index contributed by atoms with van der Waals surface area (Å²) in [6, 6.07) is 0. The molecule has 7 heteroatoms. The molecule has 0 aliphatic carbocycles. The molecule has 0 bridgehead atoms. The van der Waals surface area contributed by atoms with Crippen LogP contribution < -0.4 is 5.73 Å². The highest BCUT2D eigenvalue weighted by Crippen LogP contribution is 2.36. The molecule has 0 spiro atoms. The van der Waals surface area contributed by atoms with E-state index < -0.39 is 8.32 Å². The molecule has 0 saturated carbocycles. The highest BCUT2D eigenvalue weighted by atomic mass is 28.4. The Bertz CT molecular complexity index is 507. The quantitative estimate of drug-likeness (QED) is 0.793. The fourth-order valence-electron chi connectivity index (χ4n) is 2.49. The van der Waals surface area contributed by atoms with Gasteiger partial charge in [-0.1, -0.05) is 20.8 Å². The molecule has 24 heavy (non-hydrogen) atoms. The summed E-state index contributed by atoms with van der Waals surface area (Å²) in [6.07, 6.45) is 3.40. The second-order valence-electron chi connectivity index (χ2n) is 8.16. The van der Waals surface area contributed by atoms with E-state index in [4.69, 9.17) is 10.2 Å². The van der Waals surface area contributed by atoms with Gasteiger partial charge in [0.1, 0.15) is 5.82 Å². The van der Waals surface area contributed by atoms with Crippen molar-refractivity contribution >= 4 is 14.1 Å². The first-order valence-corrected chi connectivity index (χ1v) is 11.7. The standard InChI is InChI=1S/C17H33N5OSi/c1-17(2,3)24(4,5)23-11-10-21-6-8-22(9-7-21)14-15-12-20-16(18)13-19-15/h12-13H,6-11,14H2,1-5H3,(H2,18,20). The lowest BCUT2D eigenvalue weighted by molar-refractivity contribution is 0.109. The van der Waals surface area contributed by atoms with Gasteiger partial charge < -0.3 is 10.2 Å². The number of nitrogens with zero attached hydrogens (tertiary/aromatic N) is 4. The molecule has 1 saturated heterocycles. The Morgan fingerprint density at radius 2 is 1.71 bits per heavy atom. The summed E-state index contributed by atoms with van der Waals surface area (Å²) in [4.78, 5) is 13.4. The number of nitrogen functional groups attached to an aromatic ring is 1. The third-order valence-corrected chi connectivity index (χ3v) is 9.79. The summed E-state index contributed by atoms with van der Waals surface area (Å²) < 4.78 is 6.28. The summed E-state index contributed by atoms with van der Waals surface area (Å²) in [5.74, 6) is 0.477. The highest BCUT2D eigenvalue weighted by Gasteiger charge is 2.37. The van der Waals surface area contributed by atoms with E-state index in [1.54, 1.807) is 12.4 Å². The van der Waals surface area contributed by atoms with E-state index in [1.807, 2.05) is 0 Å². The van der Waals surface area contributed by atoms with Crippen molar-refractivity contribution in [3.63, 3.8) is 0 Å². The van der Waals surface area contributed by atoms with E-state index in [1.165, 1.54) is 0 Å². The van der Waals surface area contributed by atoms with Gasteiger partial charge in [0.15, 0.2) is 8.32 Å². The van der Waals surface area contributed by atoms with Gasteiger partial charge >= 0.3 is 0 Å². The lowest BCUT2D eigenvalue weighted by Gasteiger charge is -2.38. The molecule has 2 heterocycles. The van der Waals surface area contributed by atoms with Crippen LogP contribution in [-0.2, 0) is 11.0 Å². The normalized spacial score (nSPS) is 18.0. The molecule has 1 aliphatic rings. The van der Waals surface area contributed by atoms with Gasteiger partial charge in [-0.3, -0.25) is 14.8 Å². The number of piperazine rings is 1. The first-order valence-electron chi connectivity index (χ1n) is 8.82. The maximum Gasteiger partial charge on any atom is 0.192 e. The maximum absolute atomic E-state index is 6.28. The van der Waals surface area contributed by atoms with E-state index in [2.05, 4.69) is 53.6 Å². The zero-order valence-corrected chi connectivity index (χ0v) is 16.9. The number of hydrogen-bond acceptors (Lipinski definition) is 6. The van der Waals surface area contributed by atoms with E-state index in [0.29, 0.717) is 5.82 Å². The van der Waals surface area contributed by atoms with Gasteiger partial charge in [0, 0.05) is 45.9 Å². The number of hydrogen-bond donors (Lipinski definition) is 1. The van der Waals surface area contributed by atoms with Crippen molar-refractivity contribution in [2.24, 2.45) is 0 Å². The smallest absolute Gasteiger partial charge is 0.192 e. The van der Waals surface area contributed by atoms with Gasteiger partial charge in [-0.15, -0.1) is 0 Å². The minimum atomic E-state index is -1.62. The number of anilines is 1. The van der Waals surface area contributed by atoms with Crippen molar-refractivity contribution in [2.45, 2.75) is 45.4 Å². The molecule has 1 aromatic heterocycles. The molecule has 0 atom stereocenters. The monoisotopic (exact) mass is 351 g/mol. The molecule has 0 amide bonds. The summed E-state index contributed by atoms with van der Waals surface area (Å²) in [6.45, 7) is 18.5. The molecule has 2 N–H and O–H groups in total. The fraction of sp³-hybridized carbons (Fsp3) is 0.765. The van der Waals surface area contributed by atoms with Crippen molar-refractivity contribution in [1.82, 2.24) is 19.8 Å². The van der Waals surface area contributed by atoms with Crippen LogP contribution in [0, 0.1) is 0 Å². The molecular weight excluding hydrogens is 318 g/mol. The Morgan fingerprint density at radius 3 is 2.25 bits per heavy atom. The highest BCUT2D eigenvalue weighted by molar-refractivity contribution is 6.74. The second kappa shape index (κ2) is 7.90. The molecule has 1 fully saturated rings. The first kappa shape index (κ1) is 19.3. The van der Waals surface area contributed by atoms with Crippen LogP contribution in [-0.4, -0.2) is 67.4 Å². The predicted octanol–water partition coefficient (Wildman–Crippen LogP) is 2.20. The average molecular weight is 352 g/mol. The van der Waals surface area contributed by atoms with Crippen molar-refractivity contribution < 1.29 is 4.43 Å². The minimum Gasteiger partial charge on any atom is -0.416 e. The van der Waals surface area contributed by atoms with Crippen LogP contribution >= 0.6 is 0 Å². The number of rotatable bonds is 6. The van der Waals surface area contributed by atoms with Gasteiger partial charge in [-0.25, -0.2) is 4.98 Å². The second-order valence-corrected chi connectivity index (χ2v) is 13.0. The van der Waals surface area contributed by atoms with E-state index in [0.717, 1.165) is 51.6 Å². The van der Waals surface area contributed by atoms with E-state index in [9.17, 15) is 0 Å². The first-order chi connectivity index (χ1) is 11.2. The summed E-state index contributed by atoms with van der Waals surface area (Å²) >= 11 is 0. The Hall–Kier alpha value is -1.02. The number of aromatic nitrogens is 2. The topological polar surface area (TPSA) is 67.5 Å². The average Bonchev–Trinajstić information content (AvgIpc) is 2.50. The molecule has 136 valence electrons. The van der Waals surface area contributed by atoms with Crippen LogP contribution in [0.5, 0.6) is 0 Å². The Balaban J connectivity index is 1.68. The van der Waals surface area contributed by atoms with Crippen LogP contribution in [0.2, 0.25) is 18.1 Å². The zero-order valence-electron chi connectivity index (χ0n) is 15.9. The Kier molecular flexibility index (Phi) is 6.36. The summed E-state index contributed by atoms with van der Waals surface area (Å²) in [7, 11) is -1.62. The van der Waals surface area contributed by atoms with Crippen LogP contribution in [0.4, 0.5) is 5.82 Å². The lowest BCUT2D eigenvalue weighted by atomic mass is 10.2. The van der Waals surface area contributed by atoms with Crippen molar-refractivity contribution in [1.29, 1.82) is 0 Å². The largest absolute Gasteiger partial charge is 0.416 e. The third-order valence-electron chi connectivity index (χ3n) is 5.25. The molecule has 0 unspecified atom stereocenters. The fourth-order valence-corrected chi connectivity index (χ4v) is 3.53. The van der Waals surface area contributed by atoms with Crippen molar-refractivity contribution in [3.05, 3.63) is 18.1 Å². The SMILES string of the molecule is CC(C)(C)[Si](C)(C)OCCN1CCN(Cc2cnc(N)cn2)CC1. The Morgan fingerprint density at radius 1 is 1.08 bits per heavy atom. The van der Waals surface area contributed by atoms with Crippen LogP contribution in [0.1, 0.15) is 26.5 Å².